The van der Waals surface area contributed by atoms with Gasteiger partial charge in [-0.2, -0.15) is 0 Å². The fourth-order valence-electron chi connectivity index (χ4n) is 6.04. The van der Waals surface area contributed by atoms with Crippen molar-refractivity contribution < 1.29 is 17.9 Å². The Kier molecular flexibility index (Phi) is 5.46. The van der Waals surface area contributed by atoms with Gasteiger partial charge in [0.15, 0.2) is 9.84 Å². The van der Waals surface area contributed by atoms with E-state index in [0.717, 1.165) is 24.1 Å². The minimum atomic E-state index is -3.02. The van der Waals surface area contributed by atoms with Gasteiger partial charge in [0.25, 0.3) is 0 Å². The number of nitrogens with zero attached hydrogens (tertiary/aromatic N) is 3. The van der Waals surface area contributed by atoms with Crippen molar-refractivity contribution in [1.82, 2.24) is 9.80 Å². The molecule has 4 aliphatic heterocycles. The molecule has 6 rings (SSSR count). The molecule has 4 heterocycles. The van der Waals surface area contributed by atoms with Crippen LogP contribution in [0.1, 0.15) is 20.3 Å². The van der Waals surface area contributed by atoms with Crippen LogP contribution in [0.5, 0.6) is 5.75 Å². The predicted molar refractivity (Wildman–Crippen MR) is 131 cm³/mol. The van der Waals surface area contributed by atoms with E-state index in [2.05, 4.69) is 43.0 Å². The average Bonchev–Trinajstić information content (AvgIpc) is 3.05. The van der Waals surface area contributed by atoms with Crippen LogP contribution in [0.25, 0.3) is 10.8 Å². The number of ether oxygens (including phenoxy) is 1. The Balaban J connectivity index is 1.47. The molecular formula is C25H33N3O4S. The van der Waals surface area contributed by atoms with E-state index < -0.39 is 9.84 Å². The summed E-state index contributed by atoms with van der Waals surface area (Å²) in [5.74, 6) is 1.35. The van der Waals surface area contributed by atoms with Gasteiger partial charge in [-0.25, -0.2) is 13.2 Å². The summed E-state index contributed by atoms with van der Waals surface area (Å²) in [5.41, 5.74) is 1.23. The van der Waals surface area contributed by atoms with E-state index in [1.165, 1.54) is 11.1 Å². The number of amides is 2. The van der Waals surface area contributed by atoms with E-state index in [1.54, 1.807) is 12.0 Å². The zero-order valence-electron chi connectivity index (χ0n) is 19.7. The molecule has 0 N–H and O–H groups in total. The second-order valence-electron chi connectivity index (χ2n) is 10.4. The van der Waals surface area contributed by atoms with Gasteiger partial charge in [-0.1, -0.05) is 38.1 Å². The summed E-state index contributed by atoms with van der Waals surface area (Å²) in [4.78, 5) is 19.6. The number of hydrogen-bond acceptors (Lipinski definition) is 5. The summed E-state index contributed by atoms with van der Waals surface area (Å²) in [6.07, 6.45) is 1.07. The third-order valence-corrected chi connectivity index (χ3v) is 9.30. The van der Waals surface area contributed by atoms with Crippen molar-refractivity contribution in [3.63, 3.8) is 0 Å². The maximum atomic E-state index is 13.4. The minimum absolute atomic E-state index is 0.0148. The summed E-state index contributed by atoms with van der Waals surface area (Å²) in [6, 6.07) is 12.7. The molecule has 2 aromatic rings. The van der Waals surface area contributed by atoms with Crippen LogP contribution in [0, 0.1) is 11.3 Å². The average molecular weight is 472 g/mol. The Hall–Kier alpha value is -2.48. The third kappa shape index (κ3) is 4.03. The smallest absolute Gasteiger partial charge is 0.320 e. The van der Waals surface area contributed by atoms with Crippen LogP contribution in [0.3, 0.4) is 0 Å². The van der Waals surface area contributed by atoms with E-state index in [1.807, 2.05) is 17.0 Å². The van der Waals surface area contributed by atoms with E-state index in [4.69, 9.17) is 4.74 Å². The molecule has 0 spiro atoms. The molecule has 2 bridgehead atoms. The first-order valence-electron chi connectivity index (χ1n) is 11.8. The lowest BCUT2D eigenvalue weighted by molar-refractivity contribution is 0.153. The number of urea groups is 1. The van der Waals surface area contributed by atoms with E-state index >= 15 is 0 Å². The number of methoxy groups -OCH3 is 1. The standard InChI is InChI=1S/C25H33N3O4S/c1-25(2)14-18-15-27(24(29)26-10-12-33(30,31)13-11-26)17-23(25)28(16-18)21-8-9-22(32-3)20-7-5-4-6-19(20)21/h4-9,18,23H,10-17H2,1-3H3. The topological polar surface area (TPSA) is 70.2 Å². The summed E-state index contributed by atoms with van der Waals surface area (Å²) >= 11 is 0. The molecule has 0 radical (unpaired) electrons. The Bertz CT molecular complexity index is 1170. The number of anilines is 1. The lowest BCUT2D eigenvalue weighted by Crippen LogP contribution is -2.55. The highest BCUT2D eigenvalue weighted by Gasteiger charge is 2.47. The molecule has 0 aliphatic carbocycles. The van der Waals surface area contributed by atoms with Gasteiger partial charge < -0.3 is 19.4 Å². The largest absolute Gasteiger partial charge is 0.496 e. The first-order valence-corrected chi connectivity index (χ1v) is 13.6. The van der Waals surface area contributed by atoms with Gasteiger partial charge in [0.2, 0.25) is 0 Å². The fraction of sp³-hybridized carbons (Fsp3) is 0.560. The molecule has 4 fully saturated rings. The van der Waals surface area contributed by atoms with Gasteiger partial charge in [-0.3, -0.25) is 0 Å². The summed E-state index contributed by atoms with van der Waals surface area (Å²) in [7, 11) is -1.31. The van der Waals surface area contributed by atoms with Crippen molar-refractivity contribution in [3.05, 3.63) is 36.4 Å². The maximum Gasteiger partial charge on any atom is 0.320 e. The molecule has 7 nitrogen and oxygen atoms in total. The molecular weight excluding hydrogens is 438 g/mol. The predicted octanol–water partition coefficient (Wildman–Crippen LogP) is 3.24. The summed E-state index contributed by atoms with van der Waals surface area (Å²) in [6.45, 7) is 7.47. The number of benzene rings is 2. The Morgan fingerprint density at radius 1 is 0.970 bits per heavy atom. The van der Waals surface area contributed by atoms with E-state index in [0.29, 0.717) is 32.1 Å². The van der Waals surface area contributed by atoms with Crippen LogP contribution >= 0.6 is 0 Å². The van der Waals surface area contributed by atoms with Crippen molar-refractivity contribution in [2.45, 2.75) is 26.3 Å². The van der Waals surface area contributed by atoms with Crippen LogP contribution in [0.15, 0.2) is 36.4 Å². The van der Waals surface area contributed by atoms with Gasteiger partial charge in [-0.05, 0) is 29.9 Å². The van der Waals surface area contributed by atoms with Gasteiger partial charge in [0, 0.05) is 49.2 Å². The van der Waals surface area contributed by atoms with Crippen LogP contribution in [0.2, 0.25) is 0 Å². The van der Waals surface area contributed by atoms with Gasteiger partial charge in [-0.15, -0.1) is 0 Å². The van der Waals surface area contributed by atoms with Crippen LogP contribution < -0.4 is 9.64 Å². The molecule has 2 aromatic carbocycles. The number of carbonyl (C=O) groups is 1. The molecule has 33 heavy (non-hydrogen) atoms. The molecule has 2 atom stereocenters. The highest BCUT2D eigenvalue weighted by molar-refractivity contribution is 7.91. The number of piperidine rings is 1. The normalized spacial score (nSPS) is 26.3. The SMILES string of the molecule is COc1ccc(N2CC3CN(C(=O)N4CCS(=O)(=O)CC4)CC2C(C)(C)C3)c2ccccc12. The first-order chi connectivity index (χ1) is 15.7. The Morgan fingerprint density at radius 2 is 1.67 bits per heavy atom. The molecule has 0 saturated carbocycles. The van der Waals surface area contributed by atoms with Gasteiger partial charge in [0.1, 0.15) is 5.75 Å². The van der Waals surface area contributed by atoms with Crippen LogP contribution in [0.4, 0.5) is 10.5 Å². The van der Waals surface area contributed by atoms with Gasteiger partial charge in [0.05, 0.1) is 24.7 Å². The van der Waals surface area contributed by atoms with E-state index in [-0.39, 0.29) is 29.0 Å². The Labute approximate surface area is 196 Å². The van der Waals surface area contributed by atoms with Crippen molar-refractivity contribution in [1.29, 1.82) is 0 Å². The van der Waals surface area contributed by atoms with Crippen LogP contribution in [-0.2, 0) is 9.84 Å². The molecule has 2 unspecified atom stereocenters. The number of hydrogen-bond donors (Lipinski definition) is 0. The number of rotatable bonds is 2. The summed E-state index contributed by atoms with van der Waals surface area (Å²) < 4.78 is 29.3. The zero-order chi connectivity index (χ0) is 23.4. The van der Waals surface area contributed by atoms with Gasteiger partial charge >= 0.3 is 6.03 Å². The monoisotopic (exact) mass is 471 g/mol. The number of carbonyl (C=O) groups excluding carboxylic acids is 1. The van der Waals surface area contributed by atoms with E-state index in [9.17, 15) is 13.2 Å². The fourth-order valence-corrected chi connectivity index (χ4v) is 7.25. The first kappa shape index (κ1) is 22.3. The van der Waals surface area contributed by atoms with Crippen molar-refractivity contribution in [3.8, 4) is 5.75 Å². The molecule has 8 heteroatoms. The second-order valence-corrected chi connectivity index (χ2v) is 12.7. The maximum absolute atomic E-state index is 13.4. The zero-order valence-corrected chi connectivity index (χ0v) is 20.5. The van der Waals surface area contributed by atoms with Crippen LogP contribution in [-0.4, -0.2) is 81.6 Å². The summed E-state index contributed by atoms with van der Waals surface area (Å²) in [5, 5.41) is 2.26. The molecule has 0 aromatic heterocycles. The van der Waals surface area contributed by atoms with Crippen molar-refractivity contribution >= 4 is 32.3 Å². The molecule has 178 valence electrons. The highest BCUT2D eigenvalue weighted by Crippen LogP contribution is 2.45. The number of fused-ring (bicyclic) bond motifs is 5. The lowest BCUT2D eigenvalue weighted by atomic mass is 9.73. The quantitative estimate of drug-likeness (QED) is 0.673. The highest BCUT2D eigenvalue weighted by atomic mass is 32.2. The number of sulfone groups is 1. The second kappa shape index (κ2) is 8.08. The molecule has 4 saturated heterocycles. The van der Waals surface area contributed by atoms with Crippen molar-refractivity contribution in [2.24, 2.45) is 11.3 Å². The molecule has 4 aliphatic rings. The Morgan fingerprint density at radius 3 is 2.36 bits per heavy atom. The lowest BCUT2D eigenvalue weighted by Gasteiger charge is -2.48. The van der Waals surface area contributed by atoms with Crippen molar-refractivity contribution in [2.75, 3.05) is 56.2 Å². The molecule has 2 amide bonds. The third-order valence-electron chi connectivity index (χ3n) is 7.70. The minimum Gasteiger partial charge on any atom is -0.496 e.